The molecule has 0 aromatic heterocycles. The highest BCUT2D eigenvalue weighted by Crippen LogP contribution is 2.12. The predicted octanol–water partition coefficient (Wildman–Crippen LogP) is 2.27. The molecule has 1 rings (SSSR count). The number of carbonyl (C=O) groups is 1. The van der Waals surface area contributed by atoms with E-state index in [2.05, 4.69) is 12.2 Å². The first-order chi connectivity index (χ1) is 7.77. The maximum Gasteiger partial charge on any atom is 0.176 e. The number of benzene rings is 1. The van der Waals surface area contributed by atoms with E-state index >= 15 is 0 Å². The minimum atomic E-state index is 0.106. The Bertz CT molecular complexity index is 336. The van der Waals surface area contributed by atoms with Crippen molar-refractivity contribution in [1.29, 1.82) is 0 Å². The molecule has 0 radical (unpaired) electrons. The number of Topliss-reactive ketones (excluding diaryl/α,β-unsaturated/α-hetero) is 1. The molecule has 0 unspecified atom stereocenters. The zero-order chi connectivity index (χ0) is 11.8. The van der Waals surface area contributed by atoms with Crippen LogP contribution in [-0.4, -0.2) is 26.0 Å². The van der Waals surface area contributed by atoms with Gasteiger partial charge in [0.15, 0.2) is 5.78 Å². The first-order valence-electron chi connectivity index (χ1n) is 5.66. The molecule has 0 aliphatic carbocycles. The molecule has 1 aromatic carbocycles. The standard InChI is InChI=1S/C13H19NO2/c1-3-4-8-14-10-13(15)11-6-5-7-12(9-11)16-2/h5-7,9,14H,3-4,8,10H2,1-2H3. The van der Waals surface area contributed by atoms with Crippen LogP contribution in [-0.2, 0) is 0 Å². The van der Waals surface area contributed by atoms with Crippen LogP contribution in [0.1, 0.15) is 30.1 Å². The zero-order valence-corrected chi connectivity index (χ0v) is 9.95. The Morgan fingerprint density at radius 3 is 2.94 bits per heavy atom. The molecular weight excluding hydrogens is 202 g/mol. The van der Waals surface area contributed by atoms with E-state index in [0.29, 0.717) is 12.1 Å². The van der Waals surface area contributed by atoms with Crippen molar-refractivity contribution in [1.82, 2.24) is 5.32 Å². The van der Waals surface area contributed by atoms with Crippen LogP contribution >= 0.6 is 0 Å². The quantitative estimate of drug-likeness (QED) is 0.567. The molecule has 0 spiro atoms. The fourth-order valence-electron chi connectivity index (χ4n) is 1.40. The minimum absolute atomic E-state index is 0.106. The van der Waals surface area contributed by atoms with Crippen molar-refractivity contribution in [2.24, 2.45) is 0 Å². The Kier molecular flexibility index (Phi) is 5.57. The van der Waals surface area contributed by atoms with Gasteiger partial charge in [-0.3, -0.25) is 4.79 Å². The largest absolute Gasteiger partial charge is 0.497 e. The second kappa shape index (κ2) is 7.01. The molecule has 0 saturated heterocycles. The molecule has 0 aliphatic rings. The van der Waals surface area contributed by atoms with Crippen LogP contribution in [0.2, 0.25) is 0 Å². The Morgan fingerprint density at radius 2 is 2.25 bits per heavy atom. The van der Waals surface area contributed by atoms with Gasteiger partial charge >= 0.3 is 0 Å². The molecule has 0 amide bonds. The summed E-state index contributed by atoms with van der Waals surface area (Å²) in [6, 6.07) is 7.25. The molecule has 0 heterocycles. The number of nitrogens with one attached hydrogen (secondary N) is 1. The zero-order valence-electron chi connectivity index (χ0n) is 9.95. The lowest BCUT2D eigenvalue weighted by Gasteiger charge is -2.05. The predicted molar refractivity (Wildman–Crippen MR) is 65.1 cm³/mol. The number of hydrogen-bond acceptors (Lipinski definition) is 3. The summed E-state index contributed by atoms with van der Waals surface area (Å²) in [6.45, 7) is 3.42. The van der Waals surface area contributed by atoms with Gasteiger partial charge in [-0.1, -0.05) is 25.5 Å². The van der Waals surface area contributed by atoms with Gasteiger partial charge in [0.05, 0.1) is 13.7 Å². The lowest BCUT2D eigenvalue weighted by Crippen LogP contribution is -2.23. The van der Waals surface area contributed by atoms with E-state index in [4.69, 9.17) is 4.74 Å². The normalized spacial score (nSPS) is 10.1. The summed E-state index contributed by atoms with van der Waals surface area (Å²) < 4.78 is 5.08. The lowest BCUT2D eigenvalue weighted by molar-refractivity contribution is 0.0991. The Balaban J connectivity index is 2.46. The van der Waals surface area contributed by atoms with Gasteiger partial charge in [-0.25, -0.2) is 0 Å². The summed E-state index contributed by atoms with van der Waals surface area (Å²) in [5, 5.41) is 3.13. The molecule has 0 atom stereocenters. The van der Waals surface area contributed by atoms with Gasteiger partial charge in [0, 0.05) is 5.56 Å². The maximum absolute atomic E-state index is 11.8. The third-order valence-corrected chi connectivity index (χ3v) is 2.38. The summed E-state index contributed by atoms with van der Waals surface area (Å²) in [5.74, 6) is 0.828. The van der Waals surface area contributed by atoms with Gasteiger partial charge in [0.25, 0.3) is 0 Å². The highest BCUT2D eigenvalue weighted by Gasteiger charge is 2.05. The SMILES string of the molecule is CCCCNCC(=O)c1cccc(OC)c1. The first kappa shape index (κ1) is 12.7. The molecule has 3 nitrogen and oxygen atoms in total. The lowest BCUT2D eigenvalue weighted by atomic mass is 10.1. The fourth-order valence-corrected chi connectivity index (χ4v) is 1.40. The summed E-state index contributed by atoms with van der Waals surface area (Å²) in [6.07, 6.45) is 2.24. The summed E-state index contributed by atoms with van der Waals surface area (Å²) in [4.78, 5) is 11.8. The number of ketones is 1. The molecule has 0 fully saturated rings. The van der Waals surface area contributed by atoms with Gasteiger partial charge in [-0.05, 0) is 25.1 Å². The average molecular weight is 221 g/mol. The molecular formula is C13H19NO2. The van der Waals surface area contributed by atoms with E-state index < -0.39 is 0 Å². The summed E-state index contributed by atoms with van der Waals surface area (Å²) >= 11 is 0. The van der Waals surface area contributed by atoms with Crippen LogP contribution in [0.3, 0.4) is 0 Å². The van der Waals surface area contributed by atoms with Crippen LogP contribution in [0.25, 0.3) is 0 Å². The molecule has 88 valence electrons. The van der Waals surface area contributed by atoms with Crippen molar-refractivity contribution in [2.45, 2.75) is 19.8 Å². The second-order valence-corrected chi connectivity index (χ2v) is 3.69. The van der Waals surface area contributed by atoms with Crippen LogP contribution in [0.5, 0.6) is 5.75 Å². The van der Waals surface area contributed by atoms with Crippen LogP contribution in [0.15, 0.2) is 24.3 Å². The van der Waals surface area contributed by atoms with E-state index in [9.17, 15) is 4.79 Å². The van der Waals surface area contributed by atoms with Crippen molar-refractivity contribution >= 4 is 5.78 Å². The van der Waals surface area contributed by atoms with Gasteiger partial charge in [0.1, 0.15) is 5.75 Å². The number of carbonyl (C=O) groups excluding carboxylic acids is 1. The first-order valence-corrected chi connectivity index (χ1v) is 5.66. The molecule has 0 saturated carbocycles. The number of rotatable bonds is 7. The van der Waals surface area contributed by atoms with Crippen molar-refractivity contribution in [3.05, 3.63) is 29.8 Å². The molecule has 1 N–H and O–H groups in total. The summed E-state index contributed by atoms with van der Waals surface area (Å²) in [5.41, 5.74) is 0.698. The van der Waals surface area contributed by atoms with Gasteiger partial charge in [-0.15, -0.1) is 0 Å². The molecule has 1 aromatic rings. The molecule has 16 heavy (non-hydrogen) atoms. The van der Waals surface area contributed by atoms with E-state index in [1.165, 1.54) is 0 Å². The molecule has 0 bridgehead atoms. The average Bonchev–Trinajstić information content (AvgIpc) is 2.34. The van der Waals surface area contributed by atoms with Crippen molar-refractivity contribution in [2.75, 3.05) is 20.2 Å². The Morgan fingerprint density at radius 1 is 1.44 bits per heavy atom. The highest BCUT2D eigenvalue weighted by molar-refractivity contribution is 5.97. The molecule has 0 aliphatic heterocycles. The monoisotopic (exact) mass is 221 g/mol. The smallest absolute Gasteiger partial charge is 0.176 e. The van der Waals surface area contributed by atoms with Crippen molar-refractivity contribution in [3.63, 3.8) is 0 Å². The van der Waals surface area contributed by atoms with E-state index in [1.807, 2.05) is 18.2 Å². The number of unbranched alkanes of at least 4 members (excludes halogenated alkanes) is 1. The van der Waals surface area contributed by atoms with Gasteiger partial charge < -0.3 is 10.1 Å². The van der Waals surface area contributed by atoms with Crippen LogP contribution < -0.4 is 10.1 Å². The minimum Gasteiger partial charge on any atom is -0.497 e. The topological polar surface area (TPSA) is 38.3 Å². The number of methoxy groups -OCH3 is 1. The van der Waals surface area contributed by atoms with E-state index in [-0.39, 0.29) is 5.78 Å². The Hall–Kier alpha value is -1.35. The fraction of sp³-hybridized carbons (Fsp3) is 0.462. The highest BCUT2D eigenvalue weighted by atomic mass is 16.5. The third-order valence-electron chi connectivity index (χ3n) is 2.38. The van der Waals surface area contributed by atoms with E-state index in [0.717, 1.165) is 25.1 Å². The van der Waals surface area contributed by atoms with E-state index in [1.54, 1.807) is 13.2 Å². The molecule has 3 heteroatoms. The van der Waals surface area contributed by atoms with Crippen molar-refractivity contribution < 1.29 is 9.53 Å². The number of hydrogen-bond donors (Lipinski definition) is 1. The Labute approximate surface area is 96.8 Å². The maximum atomic E-state index is 11.8. The van der Waals surface area contributed by atoms with Gasteiger partial charge in [-0.2, -0.15) is 0 Å². The van der Waals surface area contributed by atoms with Gasteiger partial charge in [0.2, 0.25) is 0 Å². The number of ether oxygens (including phenoxy) is 1. The second-order valence-electron chi connectivity index (χ2n) is 3.69. The summed E-state index contributed by atoms with van der Waals surface area (Å²) in [7, 11) is 1.60. The van der Waals surface area contributed by atoms with Crippen molar-refractivity contribution in [3.8, 4) is 5.75 Å². The third kappa shape index (κ3) is 4.03. The van der Waals surface area contributed by atoms with Crippen LogP contribution in [0, 0.1) is 0 Å². The van der Waals surface area contributed by atoms with Crippen LogP contribution in [0.4, 0.5) is 0 Å².